The number of rotatable bonds is 4. The van der Waals surface area contributed by atoms with E-state index in [0.717, 1.165) is 28.8 Å². The molecule has 0 saturated heterocycles. The molecule has 0 atom stereocenters. The summed E-state index contributed by atoms with van der Waals surface area (Å²) in [5, 5.41) is 9.29. The molecule has 0 spiro atoms. The second kappa shape index (κ2) is 5.16. The average molecular weight is 254 g/mol. The third kappa shape index (κ3) is 2.20. The van der Waals surface area contributed by atoms with Crippen molar-refractivity contribution in [3.63, 3.8) is 0 Å². The largest absolute Gasteiger partial charge is 0.383 e. The number of ether oxygens (including phenoxy) is 1. The summed E-state index contributed by atoms with van der Waals surface area (Å²) in [6, 6.07) is 10.0. The van der Waals surface area contributed by atoms with E-state index < -0.39 is 0 Å². The molecule has 96 valence electrons. The lowest BCUT2D eigenvalue weighted by Crippen LogP contribution is -2.05. The fraction of sp³-hybridized carbons (Fsp3) is 0.214. The normalized spacial score (nSPS) is 11.0. The predicted octanol–water partition coefficient (Wildman–Crippen LogP) is 2.14. The highest BCUT2D eigenvalue weighted by molar-refractivity contribution is 5.91. The van der Waals surface area contributed by atoms with E-state index >= 15 is 0 Å². The monoisotopic (exact) mass is 254 g/mol. The second-order valence-electron chi connectivity index (χ2n) is 4.22. The number of benzene rings is 1. The molecule has 1 aromatic carbocycles. The molecule has 0 saturated carbocycles. The van der Waals surface area contributed by atoms with Crippen molar-refractivity contribution in [2.45, 2.75) is 6.54 Å². The lowest BCUT2D eigenvalue weighted by atomic mass is 10.1. The van der Waals surface area contributed by atoms with Gasteiger partial charge < -0.3 is 9.30 Å². The van der Waals surface area contributed by atoms with Crippen LogP contribution in [0.4, 0.5) is 0 Å². The van der Waals surface area contributed by atoms with Crippen molar-refractivity contribution in [1.82, 2.24) is 19.7 Å². The van der Waals surface area contributed by atoms with Gasteiger partial charge in [0.25, 0.3) is 0 Å². The van der Waals surface area contributed by atoms with E-state index in [-0.39, 0.29) is 0 Å². The van der Waals surface area contributed by atoms with Gasteiger partial charge >= 0.3 is 0 Å². The molecule has 0 N–H and O–H groups in total. The van der Waals surface area contributed by atoms with Gasteiger partial charge in [-0.05, 0) is 12.1 Å². The molecular formula is C14H14N4O. The number of hydrogen-bond donors (Lipinski definition) is 0. The first-order valence-corrected chi connectivity index (χ1v) is 6.11. The summed E-state index contributed by atoms with van der Waals surface area (Å²) in [5.74, 6) is 0.821. The quantitative estimate of drug-likeness (QED) is 0.715. The number of aromatic nitrogens is 4. The Kier molecular flexibility index (Phi) is 3.20. The first kappa shape index (κ1) is 11.8. The molecule has 0 radical (unpaired) electrons. The second-order valence-corrected chi connectivity index (χ2v) is 4.22. The molecule has 2 heterocycles. The third-order valence-corrected chi connectivity index (χ3v) is 3.03. The Bertz CT molecular complexity index is 687. The highest BCUT2D eigenvalue weighted by atomic mass is 16.5. The number of hydrogen-bond acceptors (Lipinski definition) is 4. The van der Waals surface area contributed by atoms with Crippen LogP contribution in [0.5, 0.6) is 0 Å². The van der Waals surface area contributed by atoms with E-state index in [4.69, 9.17) is 4.74 Å². The Balaban J connectivity index is 2.12. The number of para-hydroxylation sites is 1. The van der Waals surface area contributed by atoms with E-state index in [1.807, 2.05) is 34.9 Å². The maximum Gasteiger partial charge on any atom is 0.166 e. The summed E-state index contributed by atoms with van der Waals surface area (Å²) in [5.41, 5.74) is 1.93. The lowest BCUT2D eigenvalue weighted by molar-refractivity contribution is 0.187. The first-order valence-electron chi connectivity index (χ1n) is 6.11. The number of fused-ring (bicyclic) bond motifs is 1. The first-order chi connectivity index (χ1) is 9.40. The van der Waals surface area contributed by atoms with Gasteiger partial charge in [0, 0.05) is 30.8 Å². The molecule has 5 heteroatoms. The van der Waals surface area contributed by atoms with E-state index in [0.29, 0.717) is 6.61 Å². The van der Waals surface area contributed by atoms with Gasteiger partial charge in [-0.2, -0.15) is 0 Å². The van der Waals surface area contributed by atoms with Crippen LogP contribution in [0, 0.1) is 0 Å². The van der Waals surface area contributed by atoms with Crippen LogP contribution >= 0.6 is 0 Å². The zero-order chi connectivity index (χ0) is 13.1. The molecule has 19 heavy (non-hydrogen) atoms. The maximum atomic E-state index is 5.10. The number of nitrogens with zero attached hydrogens (tertiary/aromatic N) is 4. The minimum Gasteiger partial charge on any atom is -0.383 e. The summed E-state index contributed by atoms with van der Waals surface area (Å²) >= 11 is 0. The highest BCUT2D eigenvalue weighted by Gasteiger charge is 2.11. The van der Waals surface area contributed by atoms with Crippen molar-refractivity contribution in [3.8, 4) is 11.4 Å². The van der Waals surface area contributed by atoms with Gasteiger partial charge in [-0.1, -0.05) is 18.2 Å². The van der Waals surface area contributed by atoms with Crippen molar-refractivity contribution in [1.29, 1.82) is 0 Å². The zero-order valence-corrected chi connectivity index (χ0v) is 10.7. The Hall–Kier alpha value is -2.27. The van der Waals surface area contributed by atoms with Crippen molar-refractivity contribution in [2.24, 2.45) is 0 Å². The van der Waals surface area contributed by atoms with Gasteiger partial charge in [0.15, 0.2) is 5.82 Å². The third-order valence-electron chi connectivity index (χ3n) is 3.03. The van der Waals surface area contributed by atoms with Gasteiger partial charge in [-0.15, -0.1) is 10.2 Å². The SMILES string of the molecule is COCCn1cnnc1-c1cccc2cccnc12. The van der Waals surface area contributed by atoms with Gasteiger partial charge in [0.05, 0.1) is 12.1 Å². The zero-order valence-electron chi connectivity index (χ0n) is 10.7. The van der Waals surface area contributed by atoms with E-state index in [1.165, 1.54) is 0 Å². The Morgan fingerprint density at radius 1 is 1.21 bits per heavy atom. The molecule has 3 rings (SSSR count). The van der Waals surface area contributed by atoms with Crippen LogP contribution in [-0.4, -0.2) is 33.5 Å². The highest BCUT2D eigenvalue weighted by Crippen LogP contribution is 2.25. The molecule has 0 aliphatic carbocycles. The summed E-state index contributed by atoms with van der Waals surface area (Å²) in [4.78, 5) is 4.45. The molecule has 0 amide bonds. The maximum absolute atomic E-state index is 5.10. The van der Waals surface area contributed by atoms with Gasteiger partial charge in [-0.25, -0.2) is 0 Å². The fourth-order valence-corrected chi connectivity index (χ4v) is 2.10. The Morgan fingerprint density at radius 3 is 3.00 bits per heavy atom. The van der Waals surface area contributed by atoms with Crippen molar-refractivity contribution in [3.05, 3.63) is 42.9 Å². The summed E-state index contributed by atoms with van der Waals surface area (Å²) < 4.78 is 7.08. The van der Waals surface area contributed by atoms with Crippen LogP contribution in [0.15, 0.2) is 42.9 Å². The molecule has 0 fully saturated rings. The van der Waals surface area contributed by atoms with E-state index in [1.54, 1.807) is 19.6 Å². The Morgan fingerprint density at radius 2 is 2.11 bits per heavy atom. The topological polar surface area (TPSA) is 52.8 Å². The molecular weight excluding hydrogens is 240 g/mol. The molecule has 5 nitrogen and oxygen atoms in total. The van der Waals surface area contributed by atoms with Crippen LogP contribution in [-0.2, 0) is 11.3 Å². The molecule has 0 bridgehead atoms. The van der Waals surface area contributed by atoms with E-state index in [2.05, 4.69) is 15.2 Å². The predicted molar refractivity (Wildman–Crippen MR) is 72.6 cm³/mol. The summed E-state index contributed by atoms with van der Waals surface area (Å²) in [6.07, 6.45) is 3.51. The summed E-state index contributed by atoms with van der Waals surface area (Å²) in [7, 11) is 1.68. The molecule has 2 aromatic heterocycles. The van der Waals surface area contributed by atoms with Gasteiger partial charge in [0.2, 0.25) is 0 Å². The summed E-state index contributed by atoms with van der Waals surface area (Å²) in [6.45, 7) is 1.35. The van der Waals surface area contributed by atoms with Gasteiger partial charge in [-0.3, -0.25) is 4.98 Å². The molecule has 3 aromatic rings. The van der Waals surface area contributed by atoms with Crippen molar-refractivity contribution in [2.75, 3.05) is 13.7 Å². The number of methoxy groups -OCH3 is 1. The number of pyridine rings is 1. The van der Waals surface area contributed by atoms with Gasteiger partial charge in [0.1, 0.15) is 6.33 Å². The van der Waals surface area contributed by atoms with Crippen molar-refractivity contribution >= 4 is 10.9 Å². The van der Waals surface area contributed by atoms with Crippen LogP contribution in [0.1, 0.15) is 0 Å². The lowest BCUT2D eigenvalue weighted by Gasteiger charge is -2.07. The average Bonchev–Trinajstić information content (AvgIpc) is 2.92. The van der Waals surface area contributed by atoms with E-state index in [9.17, 15) is 0 Å². The fourth-order valence-electron chi connectivity index (χ4n) is 2.10. The van der Waals surface area contributed by atoms with Crippen molar-refractivity contribution < 1.29 is 4.74 Å². The van der Waals surface area contributed by atoms with Crippen LogP contribution in [0.2, 0.25) is 0 Å². The minimum absolute atomic E-state index is 0.628. The molecule has 0 unspecified atom stereocenters. The van der Waals surface area contributed by atoms with Crippen LogP contribution in [0.25, 0.3) is 22.3 Å². The smallest absolute Gasteiger partial charge is 0.166 e. The molecule has 0 aliphatic rings. The Labute approximate surface area is 110 Å². The standard InChI is InChI=1S/C14H14N4O/c1-19-9-8-18-10-16-17-14(18)12-6-2-4-11-5-3-7-15-13(11)12/h2-7,10H,8-9H2,1H3. The van der Waals surface area contributed by atoms with Crippen LogP contribution in [0.3, 0.4) is 0 Å². The van der Waals surface area contributed by atoms with Crippen LogP contribution < -0.4 is 0 Å². The molecule has 0 aliphatic heterocycles. The minimum atomic E-state index is 0.628.